The molecule has 0 unspecified atom stereocenters. The van der Waals surface area contributed by atoms with Crippen molar-refractivity contribution in [3.63, 3.8) is 0 Å². The van der Waals surface area contributed by atoms with Crippen molar-refractivity contribution in [3.05, 3.63) is 48.0 Å². The fourth-order valence-electron chi connectivity index (χ4n) is 2.99. The number of rotatable bonds is 4. The van der Waals surface area contributed by atoms with E-state index >= 15 is 0 Å². The first kappa shape index (κ1) is 17.8. The fraction of sp³-hybridized carbons (Fsp3) is 0.278. The number of benzene rings is 1. The van der Waals surface area contributed by atoms with Gasteiger partial charge in [-0.1, -0.05) is 6.07 Å². The molecule has 5 nitrogen and oxygen atoms in total. The lowest BCUT2D eigenvalue weighted by atomic mass is 10.0. The summed E-state index contributed by atoms with van der Waals surface area (Å²) >= 11 is 5.89. The van der Waals surface area contributed by atoms with Gasteiger partial charge in [0.25, 0.3) is 6.43 Å². The Kier molecular flexibility index (Phi) is 4.51. The molecule has 0 aliphatic carbocycles. The molecule has 27 heavy (non-hydrogen) atoms. The van der Waals surface area contributed by atoms with Crippen molar-refractivity contribution in [3.8, 4) is 11.1 Å². The molecule has 2 aromatic heterocycles. The molecule has 3 aromatic rings. The summed E-state index contributed by atoms with van der Waals surface area (Å²) in [4.78, 5) is 18.2. The highest BCUT2D eigenvalue weighted by molar-refractivity contribution is 6.21. The summed E-state index contributed by atoms with van der Waals surface area (Å²) in [6, 6.07) is 5.23. The summed E-state index contributed by atoms with van der Waals surface area (Å²) in [6.07, 6.45) is 0.126. The lowest BCUT2D eigenvalue weighted by Gasteiger charge is -2.35. The predicted molar refractivity (Wildman–Crippen MR) is 94.1 cm³/mol. The second-order valence-electron chi connectivity index (χ2n) is 6.36. The number of hydrogen-bond acceptors (Lipinski definition) is 3. The number of carbonyl (C=O) groups excluding carboxylic acids is 1. The van der Waals surface area contributed by atoms with Gasteiger partial charge in [-0.25, -0.2) is 13.2 Å². The average Bonchev–Trinajstić information content (AvgIpc) is 3.01. The van der Waals surface area contributed by atoms with Crippen LogP contribution in [-0.2, 0) is 11.3 Å². The number of halogens is 4. The SMILES string of the molecule is O=C(Cn1ncc2ncc(-c3ccc(F)c(C(F)F)c3)cc21)N1CC(Cl)C1. The summed E-state index contributed by atoms with van der Waals surface area (Å²) in [5.41, 5.74) is 1.44. The van der Waals surface area contributed by atoms with E-state index < -0.39 is 17.8 Å². The highest BCUT2D eigenvalue weighted by Gasteiger charge is 2.29. The van der Waals surface area contributed by atoms with Crippen molar-refractivity contribution in [1.29, 1.82) is 0 Å². The molecular formula is C18H14ClF3N4O. The zero-order valence-corrected chi connectivity index (χ0v) is 14.7. The lowest BCUT2D eigenvalue weighted by molar-refractivity contribution is -0.135. The smallest absolute Gasteiger partial charge is 0.266 e. The highest BCUT2D eigenvalue weighted by atomic mass is 35.5. The summed E-state index contributed by atoms with van der Waals surface area (Å²) in [6.45, 7) is 1.05. The molecule has 0 radical (unpaired) electrons. The maximum Gasteiger partial charge on any atom is 0.266 e. The van der Waals surface area contributed by atoms with E-state index in [1.807, 2.05) is 0 Å². The van der Waals surface area contributed by atoms with Gasteiger partial charge in [0.1, 0.15) is 17.9 Å². The number of amides is 1. The van der Waals surface area contributed by atoms with Gasteiger partial charge in [-0.3, -0.25) is 14.5 Å². The van der Waals surface area contributed by atoms with E-state index in [-0.39, 0.29) is 17.8 Å². The Hall–Kier alpha value is -2.61. The molecule has 1 aliphatic heterocycles. The van der Waals surface area contributed by atoms with Gasteiger partial charge in [0.15, 0.2) is 0 Å². The number of fused-ring (bicyclic) bond motifs is 1. The number of alkyl halides is 3. The fourth-order valence-corrected chi connectivity index (χ4v) is 3.32. The molecule has 140 valence electrons. The number of pyridine rings is 1. The monoisotopic (exact) mass is 394 g/mol. The molecule has 1 aromatic carbocycles. The van der Waals surface area contributed by atoms with Crippen molar-refractivity contribution < 1.29 is 18.0 Å². The molecule has 1 aliphatic rings. The number of hydrogen-bond donors (Lipinski definition) is 0. The van der Waals surface area contributed by atoms with Crippen LogP contribution in [0.2, 0.25) is 0 Å². The molecule has 0 N–H and O–H groups in total. The van der Waals surface area contributed by atoms with Gasteiger partial charge in [-0.2, -0.15) is 5.10 Å². The summed E-state index contributed by atoms with van der Waals surface area (Å²) < 4.78 is 40.9. The van der Waals surface area contributed by atoms with Crippen LogP contribution in [0.15, 0.2) is 36.7 Å². The normalized spacial score (nSPS) is 14.8. The molecule has 1 saturated heterocycles. The molecule has 4 rings (SSSR count). The Morgan fingerprint density at radius 3 is 2.70 bits per heavy atom. The van der Waals surface area contributed by atoms with Gasteiger partial charge < -0.3 is 4.90 Å². The van der Waals surface area contributed by atoms with Gasteiger partial charge in [0, 0.05) is 24.8 Å². The van der Waals surface area contributed by atoms with E-state index in [0.717, 1.165) is 12.1 Å². The van der Waals surface area contributed by atoms with E-state index in [9.17, 15) is 18.0 Å². The van der Waals surface area contributed by atoms with Crippen LogP contribution in [0.3, 0.4) is 0 Å². The first-order valence-corrected chi connectivity index (χ1v) is 8.67. The minimum atomic E-state index is -2.91. The summed E-state index contributed by atoms with van der Waals surface area (Å²) in [7, 11) is 0. The van der Waals surface area contributed by atoms with E-state index in [1.165, 1.54) is 23.1 Å². The molecule has 1 fully saturated rings. The molecule has 0 bridgehead atoms. The van der Waals surface area contributed by atoms with Crippen LogP contribution in [0.5, 0.6) is 0 Å². The second-order valence-corrected chi connectivity index (χ2v) is 6.98. The van der Waals surface area contributed by atoms with Crippen LogP contribution in [0.25, 0.3) is 22.2 Å². The second kappa shape index (κ2) is 6.84. The Bertz CT molecular complexity index is 1020. The standard InChI is InChI=1S/C18H14ClF3N4O/c19-12-7-25(8-12)17(27)9-26-16-4-11(5-23-15(16)6-24-26)10-1-2-14(20)13(3-10)18(21)22/h1-6,12,18H,7-9H2. The average molecular weight is 395 g/mol. The quantitative estimate of drug-likeness (QED) is 0.635. The predicted octanol–water partition coefficient (Wildman–Crippen LogP) is 3.62. The van der Waals surface area contributed by atoms with Crippen molar-refractivity contribution >= 4 is 28.5 Å². The van der Waals surface area contributed by atoms with Gasteiger partial charge in [0.2, 0.25) is 5.91 Å². The van der Waals surface area contributed by atoms with Crippen molar-refractivity contribution in [2.45, 2.75) is 18.3 Å². The topological polar surface area (TPSA) is 51.0 Å². The third-order valence-electron chi connectivity index (χ3n) is 4.53. The van der Waals surface area contributed by atoms with E-state index in [4.69, 9.17) is 11.6 Å². The van der Waals surface area contributed by atoms with Crippen LogP contribution in [0.4, 0.5) is 13.2 Å². The first-order chi connectivity index (χ1) is 12.9. The molecule has 0 saturated carbocycles. The van der Waals surface area contributed by atoms with Crippen LogP contribution >= 0.6 is 11.6 Å². The maximum absolute atomic E-state index is 13.5. The summed E-state index contributed by atoms with van der Waals surface area (Å²) in [5, 5.41) is 4.17. The molecule has 0 spiro atoms. The highest BCUT2D eigenvalue weighted by Crippen LogP contribution is 2.29. The lowest BCUT2D eigenvalue weighted by Crippen LogP contribution is -2.52. The Balaban J connectivity index is 1.66. The van der Waals surface area contributed by atoms with E-state index in [1.54, 1.807) is 11.0 Å². The zero-order chi connectivity index (χ0) is 19.1. The number of nitrogens with zero attached hydrogens (tertiary/aromatic N) is 4. The minimum absolute atomic E-state index is 0.0147. The number of aromatic nitrogens is 3. The van der Waals surface area contributed by atoms with Crippen LogP contribution in [0, 0.1) is 5.82 Å². The maximum atomic E-state index is 13.5. The largest absolute Gasteiger partial charge is 0.338 e. The molecule has 1 amide bonds. The number of likely N-dealkylation sites (tertiary alicyclic amines) is 1. The molecular weight excluding hydrogens is 381 g/mol. The third-order valence-corrected chi connectivity index (χ3v) is 4.81. The minimum Gasteiger partial charge on any atom is -0.338 e. The number of carbonyl (C=O) groups is 1. The Labute approximate surface area is 157 Å². The Morgan fingerprint density at radius 1 is 1.22 bits per heavy atom. The third kappa shape index (κ3) is 3.37. The summed E-state index contributed by atoms with van der Waals surface area (Å²) in [5.74, 6) is -1.06. The van der Waals surface area contributed by atoms with Crippen molar-refractivity contribution in [2.75, 3.05) is 13.1 Å². The van der Waals surface area contributed by atoms with Crippen LogP contribution in [-0.4, -0.2) is 44.0 Å². The van der Waals surface area contributed by atoms with Crippen molar-refractivity contribution in [1.82, 2.24) is 19.7 Å². The van der Waals surface area contributed by atoms with Crippen LogP contribution in [0.1, 0.15) is 12.0 Å². The molecule has 3 heterocycles. The van der Waals surface area contributed by atoms with Crippen LogP contribution < -0.4 is 0 Å². The molecule has 9 heteroatoms. The van der Waals surface area contributed by atoms with Crippen molar-refractivity contribution in [2.24, 2.45) is 0 Å². The first-order valence-electron chi connectivity index (χ1n) is 8.24. The zero-order valence-electron chi connectivity index (χ0n) is 13.9. The van der Waals surface area contributed by atoms with Gasteiger partial charge >= 0.3 is 0 Å². The van der Waals surface area contributed by atoms with Gasteiger partial charge in [-0.15, -0.1) is 11.6 Å². The van der Waals surface area contributed by atoms with Gasteiger partial charge in [-0.05, 0) is 23.8 Å². The van der Waals surface area contributed by atoms with E-state index in [2.05, 4.69) is 10.1 Å². The van der Waals surface area contributed by atoms with Gasteiger partial charge in [0.05, 0.1) is 22.7 Å². The Morgan fingerprint density at radius 2 is 2.00 bits per heavy atom. The van der Waals surface area contributed by atoms with E-state index in [0.29, 0.717) is 35.2 Å². The molecule has 0 atom stereocenters.